The second kappa shape index (κ2) is 5.96. The fourth-order valence-electron chi connectivity index (χ4n) is 3.30. The summed E-state index contributed by atoms with van der Waals surface area (Å²) in [6.45, 7) is 5.13. The molecule has 10 heteroatoms. The van der Waals surface area contributed by atoms with Gasteiger partial charge in [0.15, 0.2) is 0 Å². The first-order chi connectivity index (χ1) is 11.5. The van der Waals surface area contributed by atoms with E-state index < -0.39 is 15.9 Å². The highest BCUT2D eigenvalue weighted by molar-refractivity contribution is 9.10. The molecule has 0 radical (unpaired) electrons. The summed E-state index contributed by atoms with van der Waals surface area (Å²) in [5, 5.41) is 7.39. The van der Waals surface area contributed by atoms with Crippen LogP contribution in [0.4, 0.5) is 5.69 Å². The van der Waals surface area contributed by atoms with E-state index in [9.17, 15) is 13.2 Å². The highest BCUT2D eigenvalue weighted by Crippen LogP contribution is 2.38. The van der Waals surface area contributed by atoms with Gasteiger partial charge in [-0.05, 0) is 27.4 Å². The number of amides is 1. The number of nitrogens with two attached hydrogens (primary N) is 1. The molecular weight excluding hydrogens is 410 g/mol. The van der Waals surface area contributed by atoms with E-state index in [0.29, 0.717) is 18.6 Å². The quantitative estimate of drug-likeness (QED) is 0.751. The van der Waals surface area contributed by atoms with Crippen LogP contribution in [-0.4, -0.2) is 49.3 Å². The Hall–Kier alpha value is -1.65. The summed E-state index contributed by atoms with van der Waals surface area (Å²) in [7, 11) is -3.68. The van der Waals surface area contributed by atoms with Crippen molar-refractivity contribution in [2.75, 3.05) is 23.7 Å². The molecule has 8 nitrogen and oxygen atoms in total. The van der Waals surface area contributed by atoms with Gasteiger partial charge in [0.1, 0.15) is 0 Å². The molecule has 1 fully saturated rings. The Morgan fingerprint density at radius 1 is 1.52 bits per heavy atom. The number of nitrogens with zero attached hydrogens (tertiary/aromatic N) is 3. The van der Waals surface area contributed by atoms with Gasteiger partial charge in [0, 0.05) is 23.8 Å². The molecule has 3 rings (SSSR count). The van der Waals surface area contributed by atoms with E-state index >= 15 is 0 Å². The number of halogens is 1. The number of rotatable bonds is 4. The number of aromatic nitrogens is 2. The summed E-state index contributed by atoms with van der Waals surface area (Å²) in [6.07, 6.45) is 4.15. The molecular formula is C15H20BrN5O3S. The Bertz CT molecular complexity index is 953. The molecule has 0 saturated carbocycles. The molecule has 1 amide bonds. The summed E-state index contributed by atoms with van der Waals surface area (Å²) >= 11 is 3.37. The van der Waals surface area contributed by atoms with Gasteiger partial charge < -0.3 is 11.1 Å². The van der Waals surface area contributed by atoms with Crippen LogP contribution in [-0.2, 0) is 10.0 Å². The zero-order chi connectivity index (χ0) is 18.6. The fraction of sp³-hybridized carbons (Fsp3) is 0.467. The molecule has 25 heavy (non-hydrogen) atoms. The number of nitrogens with one attached hydrogen (secondary N) is 1. The first kappa shape index (κ1) is 18.2. The van der Waals surface area contributed by atoms with E-state index in [1.165, 1.54) is 15.0 Å². The van der Waals surface area contributed by atoms with E-state index in [0.717, 1.165) is 10.7 Å². The highest BCUT2D eigenvalue weighted by atomic mass is 79.9. The van der Waals surface area contributed by atoms with E-state index in [-0.39, 0.29) is 22.7 Å². The van der Waals surface area contributed by atoms with Crippen molar-refractivity contribution in [2.45, 2.75) is 19.9 Å². The summed E-state index contributed by atoms with van der Waals surface area (Å²) in [5.41, 5.74) is 6.04. The van der Waals surface area contributed by atoms with Crippen LogP contribution < -0.4 is 15.4 Å². The lowest BCUT2D eigenvalue weighted by atomic mass is 9.87. The van der Waals surface area contributed by atoms with Gasteiger partial charge in [-0.2, -0.15) is 5.10 Å². The molecule has 0 aromatic carbocycles. The second-order valence-corrected chi connectivity index (χ2v) is 9.73. The number of hydrogen-bond donors (Lipinski definition) is 2. The van der Waals surface area contributed by atoms with Crippen LogP contribution in [0.15, 0.2) is 22.9 Å². The summed E-state index contributed by atoms with van der Waals surface area (Å²) in [4.78, 5) is 12.0. The van der Waals surface area contributed by atoms with Gasteiger partial charge in [-0.1, -0.05) is 13.8 Å². The van der Waals surface area contributed by atoms with Crippen LogP contribution in [0.3, 0.4) is 0 Å². The van der Waals surface area contributed by atoms with E-state index in [1.54, 1.807) is 12.3 Å². The first-order valence-electron chi connectivity index (χ1n) is 7.69. The smallest absolute Gasteiger partial charge is 0.252 e. The van der Waals surface area contributed by atoms with Crippen LogP contribution in [0.5, 0.6) is 0 Å². The van der Waals surface area contributed by atoms with Crippen LogP contribution >= 0.6 is 15.9 Å². The summed E-state index contributed by atoms with van der Waals surface area (Å²) in [6, 6.07) is 1.36. The summed E-state index contributed by atoms with van der Waals surface area (Å²) in [5.74, 6) is -0.722. The van der Waals surface area contributed by atoms with Crippen molar-refractivity contribution in [3.63, 3.8) is 0 Å². The maximum absolute atomic E-state index is 12.7. The molecule has 3 N–H and O–H groups in total. The van der Waals surface area contributed by atoms with Gasteiger partial charge in [-0.25, -0.2) is 12.9 Å². The zero-order valence-corrected chi connectivity index (χ0v) is 16.6. The van der Waals surface area contributed by atoms with E-state index in [2.05, 4.69) is 26.3 Å². The largest absolute Gasteiger partial charge is 0.365 e. The molecule has 1 unspecified atom stereocenters. The maximum atomic E-state index is 12.7. The molecule has 1 aliphatic rings. The van der Waals surface area contributed by atoms with Crippen LogP contribution in [0.25, 0.3) is 5.52 Å². The second-order valence-electron chi connectivity index (χ2n) is 6.95. The first-order valence-corrected chi connectivity index (χ1v) is 10.3. The SMILES string of the molecule is CC1(C)CNCC1N(c1c(C(N)=O)cnn2cc(Br)cc12)S(C)(=O)=O. The number of sulfonamides is 1. The van der Waals surface area contributed by atoms with Gasteiger partial charge in [0.25, 0.3) is 5.91 Å². The molecule has 0 aliphatic carbocycles. The monoisotopic (exact) mass is 429 g/mol. The minimum atomic E-state index is -3.68. The van der Waals surface area contributed by atoms with Crippen LogP contribution in [0.2, 0.25) is 0 Å². The van der Waals surface area contributed by atoms with E-state index in [1.807, 2.05) is 13.8 Å². The Kier molecular flexibility index (Phi) is 4.33. The predicted molar refractivity (Wildman–Crippen MR) is 99.2 cm³/mol. The molecule has 1 saturated heterocycles. The lowest BCUT2D eigenvalue weighted by Gasteiger charge is -2.37. The average molecular weight is 430 g/mol. The number of carbonyl (C=O) groups excluding carboxylic acids is 1. The van der Waals surface area contributed by atoms with Gasteiger partial charge >= 0.3 is 0 Å². The van der Waals surface area contributed by atoms with Crippen molar-refractivity contribution < 1.29 is 13.2 Å². The van der Waals surface area contributed by atoms with Gasteiger partial charge in [0.2, 0.25) is 10.0 Å². The minimum Gasteiger partial charge on any atom is -0.365 e. The molecule has 0 bridgehead atoms. The Balaban J connectivity index is 2.36. The highest BCUT2D eigenvalue weighted by Gasteiger charge is 2.44. The van der Waals surface area contributed by atoms with Crippen molar-refractivity contribution in [3.8, 4) is 0 Å². The zero-order valence-electron chi connectivity index (χ0n) is 14.2. The number of hydrogen-bond acceptors (Lipinski definition) is 5. The number of anilines is 1. The van der Waals surface area contributed by atoms with Gasteiger partial charge in [0.05, 0.1) is 35.3 Å². The predicted octanol–water partition coefficient (Wildman–Crippen LogP) is 0.960. The van der Waals surface area contributed by atoms with E-state index in [4.69, 9.17) is 5.73 Å². The van der Waals surface area contributed by atoms with Crippen molar-refractivity contribution >= 4 is 43.1 Å². The molecule has 2 aromatic rings. The Morgan fingerprint density at radius 2 is 2.20 bits per heavy atom. The number of carbonyl (C=O) groups is 1. The molecule has 1 aliphatic heterocycles. The topological polar surface area (TPSA) is 110 Å². The Morgan fingerprint density at radius 3 is 2.72 bits per heavy atom. The molecule has 3 heterocycles. The molecule has 2 aromatic heterocycles. The minimum absolute atomic E-state index is 0.0752. The third kappa shape index (κ3) is 3.13. The Labute approximate surface area is 154 Å². The molecule has 0 spiro atoms. The van der Waals surface area contributed by atoms with Crippen molar-refractivity contribution in [1.29, 1.82) is 0 Å². The lowest BCUT2D eigenvalue weighted by molar-refractivity contribution is 0.100. The third-order valence-electron chi connectivity index (χ3n) is 4.52. The lowest BCUT2D eigenvalue weighted by Crippen LogP contribution is -2.48. The van der Waals surface area contributed by atoms with Gasteiger partial charge in [-0.3, -0.25) is 9.10 Å². The van der Waals surface area contributed by atoms with Crippen LogP contribution in [0, 0.1) is 5.41 Å². The standard InChI is InChI=1S/C15H20BrN5O3S/c1-15(2)8-18-6-12(15)21(25(3,23)24)13-10(14(17)22)5-19-20-7-9(16)4-11(13)20/h4-5,7,12,18H,6,8H2,1-3H3,(H2,17,22). The maximum Gasteiger partial charge on any atom is 0.252 e. The van der Waals surface area contributed by atoms with Crippen molar-refractivity contribution in [2.24, 2.45) is 11.1 Å². The van der Waals surface area contributed by atoms with Crippen molar-refractivity contribution in [1.82, 2.24) is 14.9 Å². The number of primary amides is 1. The average Bonchev–Trinajstić information content (AvgIpc) is 2.99. The molecule has 136 valence electrons. The fourth-order valence-corrected chi connectivity index (χ4v) is 5.06. The number of fused-ring (bicyclic) bond motifs is 1. The third-order valence-corrected chi connectivity index (χ3v) is 6.11. The normalized spacial score (nSPS) is 20.1. The van der Waals surface area contributed by atoms with Crippen molar-refractivity contribution in [3.05, 3.63) is 28.5 Å². The summed E-state index contributed by atoms with van der Waals surface area (Å²) < 4.78 is 29.0. The molecule has 1 atom stereocenters. The van der Waals surface area contributed by atoms with Gasteiger partial charge in [-0.15, -0.1) is 0 Å². The van der Waals surface area contributed by atoms with Crippen LogP contribution in [0.1, 0.15) is 24.2 Å².